The first-order valence-electron chi connectivity index (χ1n) is 8.84. The van der Waals surface area contributed by atoms with Gasteiger partial charge >= 0.3 is 0 Å². The molecule has 1 saturated heterocycles. The van der Waals surface area contributed by atoms with Crippen molar-refractivity contribution in [1.82, 2.24) is 24.6 Å². The number of hydrogen-bond donors (Lipinski definition) is 0. The summed E-state index contributed by atoms with van der Waals surface area (Å²) >= 11 is 1.65. The van der Waals surface area contributed by atoms with Crippen molar-refractivity contribution in [3.8, 4) is 5.69 Å². The summed E-state index contributed by atoms with van der Waals surface area (Å²) < 4.78 is 1.96. The van der Waals surface area contributed by atoms with E-state index in [4.69, 9.17) is 5.10 Å². The van der Waals surface area contributed by atoms with E-state index in [9.17, 15) is 4.79 Å². The number of aromatic nitrogens is 4. The lowest BCUT2D eigenvalue weighted by Gasteiger charge is -2.24. The van der Waals surface area contributed by atoms with Crippen LogP contribution in [0.5, 0.6) is 0 Å². The van der Waals surface area contributed by atoms with Crippen LogP contribution in [0.2, 0.25) is 0 Å². The molecule has 0 aliphatic carbocycles. The van der Waals surface area contributed by atoms with Crippen LogP contribution in [0.25, 0.3) is 5.69 Å². The molecule has 1 fully saturated rings. The Labute approximate surface area is 162 Å². The number of carbonyl (C=O) groups excluding carboxylic acids is 1. The van der Waals surface area contributed by atoms with Gasteiger partial charge in [0, 0.05) is 17.5 Å². The van der Waals surface area contributed by atoms with Crippen LogP contribution in [0.4, 0.5) is 0 Å². The Morgan fingerprint density at radius 1 is 1.11 bits per heavy atom. The fourth-order valence-corrected chi connectivity index (χ4v) is 4.72. The highest BCUT2D eigenvalue weighted by Crippen LogP contribution is 2.42. The molecule has 1 atom stereocenters. The highest BCUT2D eigenvalue weighted by atomic mass is 32.2. The van der Waals surface area contributed by atoms with E-state index in [1.54, 1.807) is 24.2 Å². The minimum atomic E-state index is -0.0573. The normalized spacial score (nSPS) is 16.9. The lowest BCUT2D eigenvalue weighted by molar-refractivity contribution is -0.128. The molecule has 0 spiro atoms. The Morgan fingerprint density at radius 2 is 1.89 bits per heavy atom. The summed E-state index contributed by atoms with van der Waals surface area (Å²) in [7, 11) is 0. The largest absolute Gasteiger partial charge is 0.320 e. The van der Waals surface area contributed by atoms with Crippen molar-refractivity contribution in [3.63, 3.8) is 0 Å². The first-order valence-corrected chi connectivity index (χ1v) is 9.89. The zero-order chi connectivity index (χ0) is 19.0. The zero-order valence-corrected chi connectivity index (χ0v) is 16.4. The summed E-state index contributed by atoms with van der Waals surface area (Å²) in [5.74, 6) is 0.595. The van der Waals surface area contributed by atoms with Gasteiger partial charge < -0.3 is 4.90 Å². The van der Waals surface area contributed by atoms with Gasteiger partial charge in [-0.1, -0.05) is 18.2 Å². The molecule has 3 aromatic rings. The molecule has 1 aliphatic rings. The van der Waals surface area contributed by atoms with E-state index in [0.29, 0.717) is 12.3 Å². The number of rotatable bonds is 4. The number of nitrogens with zero attached hydrogens (tertiary/aromatic N) is 5. The number of aryl methyl sites for hydroxylation is 2. The van der Waals surface area contributed by atoms with Gasteiger partial charge in [0.2, 0.25) is 5.91 Å². The molecule has 3 heterocycles. The van der Waals surface area contributed by atoms with Crippen molar-refractivity contribution in [2.24, 2.45) is 0 Å². The van der Waals surface area contributed by atoms with Gasteiger partial charge in [0.1, 0.15) is 5.37 Å². The summed E-state index contributed by atoms with van der Waals surface area (Å²) in [5, 5.41) is 4.68. The second-order valence-corrected chi connectivity index (χ2v) is 7.73. The Morgan fingerprint density at radius 3 is 2.59 bits per heavy atom. The molecule has 7 heteroatoms. The lowest BCUT2D eigenvalue weighted by Crippen LogP contribution is -2.28. The number of benzene rings is 1. The molecule has 1 amide bonds. The molecule has 2 aromatic heterocycles. The average molecular weight is 379 g/mol. The van der Waals surface area contributed by atoms with Gasteiger partial charge in [0.15, 0.2) is 0 Å². The monoisotopic (exact) mass is 379 g/mol. The van der Waals surface area contributed by atoms with Gasteiger partial charge in [-0.25, -0.2) is 4.68 Å². The van der Waals surface area contributed by atoms with E-state index in [1.165, 1.54) is 0 Å². The van der Waals surface area contributed by atoms with Crippen LogP contribution in [0.3, 0.4) is 0 Å². The van der Waals surface area contributed by atoms with Crippen molar-refractivity contribution < 1.29 is 4.79 Å². The third-order valence-electron chi connectivity index (χ3n) is 4.73. The maximum Gasteiger partial charge on any atom is 0.234 e. The first-order chi connectivity index (χ1) is 13.0. The maximum atomic E-state index is 12.6. The highest BCUT2D eigenvalue weighted by molar-refractivity contribution is 8.00. The van der Waals surface area contributed by atoms with Crippen molar-refractivity contribution in [2.45, 2.75) is 32.7 Å². The van der Waals surface area contributed by atoms with Crippen LogP contribution in [0.1, 0.15) is 33.7 Å². The molecule has 0 saturated carbocycles. The Kier molecular flexibility index (Phi) is 4.70. The van der Waals surface area contributed by atoms with E-state index in [1.807, 2.05) is 53.8 Å². The van der Waals surface area contributed by atoms with E-state index in [2.05, 4.69) is 16.9 Å². The average Bonchev–Trinajstić information content (AvgIpc) is 3.17. The molecule has 0 radical (unpaired) electrons. The lowest BCUT2D eigenvalue weighted by atomic mass is 10.1. The van der Waals surface area contributed by atoms with Gasteiger partial charge in [-0.2, -0.15) is 5.10 Å². The highest BCUT2D eigenvalue weighted by Gasteiger charge is 2.36. The molecule has 27 heavy (non-hydrogen) atoms. The minimum Gasteiger partial charge on any atom is -0.320 e. The SMILES string of the molecule is Cc1cnc(CN2C(=O)CSC2c2c(C)nn(-c3ccccc3)c2C)cn1. The fourth-order valence-electron chi connectivity index (χ4n) is 3.37. The topological polar surface area (TPSA) is 63.9 Å². The van der Waals surface area contributed by atoms with Crippen molar-refractivity contribution in [3.05, 3.63) is 71.1 Å². The molecule has 6 nitrogen and oxygen atoms in total. The van der Waals surface area contributed by atoms with Crippen LogP contribution >= 0.6 is 11.8 Å². The van der Waals surface area contributed by atoms with Gasteiger partial charge in [-0.15, -0.1) is 11.8 Å². The summed E-state index contributed by atoms with van der Waals surface area (Å²) in [6.45, 7) is 6.44. The number of carbonyl (C=O) groups is 1. The number of amides is 1. The fraction of sp³-hybridized carbons (Fsp3) is 0.300. The van der Waals surface area contributed by atoms with Crippen molar-refractivity contribution in [2.75, 3.05) is 5.75 Å². The predicted octanol–water partition coefficient (Wildman–Crippen LogP) is 3.36. The second kappa shape index (κ2) is 7.15. The number of hydrogen-bond acceptors (Lipinski definition) is 5. The summed E-state index contributed by atoms with van der Waals surface area (Å²) in [6.07, 6.45) is 3.48. The van der Waals surface area contributed by atoms with Crippen LogP contribution in [0, 0.1) is 20.8 Å². The van der Waals surface area contributed by atoms with Crippen LogP contribution in [-0.4, -0.2) is 36.3 Å². The molecular formula is C20H21N5OS. The number of para-hydroxylation sites is 1. The second-order valence-electron chi connectivity index (χ2n) is 6.67. The summed E-state index contributed by atoms with van der Waals surface area (Å²) in [5.41, 5.74) is 5.80. The number of thioether (sulfide) groups is 1. The van der Waals surface area contributed by atoms with Gasteiger partial charge in [0.05, 0.1) is 41.3 Å². The molecular weight excluding hydrogens is 358 g/mol. The van der Waals surface area contributed by atoms with E-state index in [0.717, 1.165) is 34.0 Å². The molecule has 1 aliphatic heterocycles. The quantitative estimate of drug-likeness (QED) is 0.695. The smallest absolute Gasteiger partial charge is 0.234 e. The van der Waals surface area contributed by atoms with Crippen LogP contribution in [-0.2, 0) is 11.3 Å². The molecule has 0 N–H and O–H groups in total. The van der Waals surface area contributed by atoms with Gasteiger partial charge in [-0.05, 0) is 32.9 Å². The van der Waals surface area contributed by atoms with Crippen molar-refractivity contribution in [1.29, 1.82) is 0 Å². The Balaban J connectivity index is 1.68. The van der Waals surface area contributed by atoms with Crippen molar-refractivity contribution >= 4 is 17.7 Å². The van der Waals surface area contributed by atoms with E-state index < -0.39 is 0 Å². The molecule has 1 aromatic carbocycles. The third kappa shape index (κ3) is 3.35. The van der Waals surface area contributed by atoms with Gasteiger partial charge in [-0.3, -0.25) is 14.8 Å². The van der Waals surface area contributed by atoms with E-state index in [-0.39, 0.29) is 11.3 Å². The summed E-state index contributed by atoms with van der Waals surface area (Å²) in [4.78, 5) is 23.2. The van der Waals surface area contributed by atoms with Crippen LogP contribution < -0.4 is 0 Å². The minimum absolute atomic E-state index is 0.0573. The standard InChI is InChI=1S/C20H21N5OS/c1-13-9-22-16(10-21-13)11-24-18(26)12-27-20(24)19-14(2)23-25(15(19)3)17-7-5-4-6-8-17/h4-10,20H,11-12H2,1-3H3. The molecule has 1 unspecified atom stereocenters. The Bertz CT molecular complexity index is 968. The molecule has 4 rings (SSSR count). The van der Waals surface area contributed by atoms with Crippen LogP contribution in [0.15, 0.2) is 42.7 Å². The third-order valence-corrected chi connectivity index (χ3v) is 5.95. The van der Waals surface area contributed by atoms with E-state index >= 15 is 0 Å². The summed E-state index contributed by atoms with van der Waals surface area (Å²) in [6, 6.07) is 10.1. The molecule has 138 valence electrons. The van der Waals surface area contributed by atoms with Gasteiger partial charge in [0.25, 0.3) is 0 Å². The predicted molar refractivity (Wildman–Crippen MR) is 106 cm³/mol. The Hall–Kier alpha value is -2.67. The molecule has 0 bridgehead atoms. The maximum absolute atomic E-state index is 12.6. The first kappa shape index (κ1) is 17.7. The zero-order valence-electron chi connectivity index (χ0n) is 15.6.